The number of pyridine rings is 1. The number of aliphatic carboxylic acids is 1. The number of urea groups is 1. The molecule has 40 heavy (non-hydrogen) atoms. The Balaban J connectivity index is 0.000000470. The lowest BCUT2D eigenvalue weighted by atomic mass is 9.74. The average molecular weight is 562 g/mol. The van der Waals surface area contributed by atoms with E-state index in [1.54, 1.807) is 6.20 Å². The van der Waals surface area contributed by atoms with Gasteiger partial charge in [-0.25, -0.2) is 14.6 Å². The summed E-state index contributed by atoms with van der Waals surface area (Å²) in [7, 11) is 0. The molecule has 1 aromatic carbocycles. The number of amides is 3. The Bertz CT molecular complexity index is 1210. The molecule has 5 rings (SSSR count). The predicted octanol–water partition coefficient (Wildman–Crippen LogP) is 4.30. The summed E-state index contributed by atoms with van der Waals surface area (Å²) in [6, 6.07) is 13.6. The van der Waals surface area contributed by atoms with Gasteiger partial charge in [-0.15, -0.1) is 0 Å². The number of benzene rings is 1. The van der Waals surface area contributed by atoms with Crippen LogP contribution in [0.25, 0.3) is 0 Å². The quantitative estimate of drug-likeness (QED) is 0.502. The summed E-state index contributed by atoms with van der Waals surface area (Å²) in [5, 5.41) is 13.5. The Morgan fingerprint density at radius 1 is 1.10 bits per heavy atom. The maximum Gasteiger partial charge on any atom is 0.490 e. The zero-order valence-corrected chi connectivity index (χ0v) is 22.3. The number of likely N-dealkylation sites (tertiary alicyclic amines) is 1. The van der Waals surface area contributed by atoms with E-state index in [1.807, 2.05) is 54.3 Å². The number of hydrogen-bond acceptors (Lipinski definition) is 5. The SMILES string of the molecule is Cc1ccccc1NC(=O)N1CCC[C@]2(C(=O)NCC3CC3)CN(c3ccccn3)C[C@@H]2C1.O=C(O)C(F)(F)F. The number of rotatable bonds is 5. The van der Waals surface area contributed by atoms with Crippen LogP contribution in [0.2, 0.25) is 0 Å². The fraction of sp³-hybridized carbons (Fsp3) is 0.500. The smallest absolute Gasteiger partial charge is 0.475 e. The second-order valence-electron chi connectivity index (χ2n) is 10.7. The third-order valence-electron chi connectivity index (χ3n) is 7.78. The number of nitrogens with one attached hydrogen (secondary N) is 2. The number of carboxylic acids is 1. The van der Waals surface area contributed by atoms with Crippen LogP contribution in [0, 0.1) is 24.2 Å². The molecule has 2 aliphatic heterocycles. The first-order valence-corrected chi connectivity index (χ1v) is 13.4. The van der Waals surface area contributed by atoms with Crippen molar-refractivity contribution in [3.05, 3.63) is 54.2 Å². The fourth-order valence-corrected chi connectivity index (χ4v) is 5.35. The van der Waals surface area contributed by atoms with E-state index in [2.05, 4.69) is 20.5 Å². The first kappa shape index (κ1) is 29.2. The van der Waals surface area contributed by atoms with E-state index in [0.717, 1.165) is 43.0 Å². The molecule has 0 radical (unpaired) electrons. The standard InChI is InChI=1S/C26H33N5O2.C2HF3O2/c1-19-7-2-3-8-22(19)29-25(33)30-14-6-12-26(24(32)28-15-20-10-11-20)18-31(17-21(26)16-30)23-9-4-5-13-27-23;3-2(4,5)1(6)7/h2-5,7-9,13,20-21H,6,10-12,14-18H2,1H3,(H,28,32)(H,29,33);(H,6,7)/t21-,26-;/m0./s1. The van der Waals surface area contributed by atoms with E-state index in [9.17, 15) is 22.8 Å². The fourth-order valence-electron chi connectivity index (χ4n) is 5.35. The molecular weight excluding hydrogens is 527 g/mol. The number of aromatic nitrogens is 1. The number of anilines is 2. The lowest BCUT2D eigenvalue weighted by Crippen LogP contribution is -2.49. The highest BCUT2D eigenvalue weighted by molar-refractivity contribution is 5.90. The molecule has 3 amide bonds. The third-order valence-corrected chi connectivity index (χ3v) is 7.78. The van der Waals surface area contributed by atoms with Gasteiger partial charge in [-0.1, -0.05) is 24.3 Å². The number of nitrogens with zero attached hydrogens (tertiary/aromatic N) is 3. The van der Waals surface area contributed by atoms with Gasteiger partial charge in [0.25, 0.3) is 0 Å². The maximum absolute atomic E-state index is 13.6. The number of carbonyl (C=O) groups is 3. The van der Waals surface area contributed by atoms with Crippen LogP contribution < -0.4 is 15.5 Å². The number of carbonyl (C=O) groups excluding carboxylic acids is 2. The molecule has 3 heterocycles. The van der Waals surface area contributed by atoms with Crippen molar-refractivity contribution in [2.75, 3.05) is 42.9 Å². The topological polar surface area (TPSA) is 115 Å². The summed E-state index contributed by atoms with van der Waals surface area (Å²) in [6.07, 6.45) is 0.731. The molecule has 3 fully saturated rings. The van der Waals surface area contributed by atoms with Crippen LogP contribution in [0.3, 0.4) is 0 Å². The number of aryl methyl sites for hydroxylation is 1. The van der Waals surface area contributed by atoms with E-state index < -0.39 is 17.6 Å². The Morgan fingerprint density at radius 3 is 2.42 bits per heavy atom. The number of halogens is 3. The second-order valence-corrected chi connectivity index (χ2v) is 10.7. The van der Waals surface area contributed by atoms with Crippen LogP contribution >= 0.6 is 0 Å². The molecule has 2 aromatic rings. The predicted molar refractivity (Wildman–Crippen MR) is 143 cm³/mol. The summed E-state index contributed by atoms with van der Waals surface area (Å²) in [6.45, 7) is 5.37. The van der Waals surface area contributed by atoms with Gasteiger partial charge in [-0.3, -0.25) is 4.79 Å². The monoisotopic (exact) mass is 561 g/mol. The van der Waals surface area contributed by atoms with Gasteiger partial charge in [0.2, 0.25) is 5.91 Å². The van der Waals surface area contributed by atoms with E-state index >= 15 is 0 Å². The Hall–Kier alpha value is -3.83. The molecule has 9 nitrogen and oxygen atoms in total. The number of para-hydroxylation sites is 1. The number of carboxylic acid groups (broad SMARTS) is 1. The molecule has 3 N–H and O–H groups in total. The highest BCUT2D eigenvalue weighted by atomic mass is 19.4. The molecule has 2 saturated heterocycles. The lowest BCUT2D eigenvalue weighted by Gasteiger charge is -2.32. The zero-order chi connectivity index (χ0) is 28.9. The van der Waals surface area contributed by atoms with Crippen molar-refractivity contribution in [2.45, 2.75) is 38.8 Å². The summed E-state index contributed by atoms with van der Waals surface area (Å²) in [5.74, 6) is -1.01. The van der Waals surface area contributed by atoms with Crippen molar-refractivity contribution >= 4 is 29.4 Å². The van der Waals surface area contributed by atoms with E-state index in [-0.39, 0.29) is 17.9 Å². The van der Waals surface area contributed by atoms with E-state index in [1.165, 1.54) is 12.8 Å². The molecule has 1 aliphatic carbocycles. The highest BCUT2D eigenvalue weighted by Crippen LogP contribution is 2.44. The molecule has 0 bridgehead atoms. The number of hydrogen-bond donors (Lipinski definition) is 3. The van der Waals surface area contributed by atoms with Crippen LogP contribution in [0.15, 0.2) is 48.7 Å². The summed E-state index contributed by atoms with van der Waals surface area (Å²) in [5.41, 5.74) is 1.38. The van der Waals surface area contributed by atoms with Crippen LogP contribution in [0.5, 0.6) is 0 Å². The first-order chi connectivity index (χ1) is 19.0. The summed E-state index contributed by atoms with van der Waals surface area (Å²) in [4.78, 5) is 44.4. The van der Waals surface area contributed by atoms with Crippen molar-refractivity contribution < 1.29 is 32.7 Å². The lowest BCUT2D eigenvalue weighted by molar-refractivity contribution is -0.192. The maximum atomic E-state index is 13.6. The normalized spacial score (nSPS) is 22.4. The Kier molecular flexibility index (Phi) is 8.85. The third kappa shape index (κ3) is 7.02. The Morgan fingerprint density at radius 2 is 1.80 bits per heavy atom. The van der Waals surface area contributed by atoms with E-state index in [4.69, 9.17) is 9.90 Å². The van der Waals surface area contributed by atoms with Crippen molar-refractivity contribution in [1.29, 1.82) is 0 Å². The minimum Gasteiger partial charge on any atom is -0.475 e. The van der Waals surface area contributed by atoms with Gasteiger partial charge in [0.05, 0.1) is 5.41 Å². The van der Waals surface area contributed by atoms with Crippen molar-refractivity contribution in [1.82, 2.24) is 15.2 Å². The molecule has 0 spiro atoms. The first-order valence-electron chi connectivity index (χ1n) is 13.4. The van der Waals surface area contributed by atoms with Crippen LogP contribution in [0.1, 0.15) is 31.2 Å². The average Bonchev–Trinajstić information content (AvgIpc) is 3.71. The van der Waals surface area contributed by atoms with Crippen molar-refractivity contribution in [3.63, 3.8) is 0 Å². The molecule has 3 aliphatic rings. The molecule has 12 heteroatoms. The largest absolute Gasteiger partial charge is 0.490 e. The van der Waals surface area contributed by atoms with Gasteiger partial charge in [0, 0.05) is 50.5 Å². The highest BCUT2D eigenvalue weighted by Gasteiger charge is 2.54. The molecule has 2 atom stereocenters. The number of alkyl halides is 3. The van der Waals surface area contributed by atoms with Crippen LogP contribution in [-0.2, 0) is 9.59 Å². The van der Waals surface area contributed by atoms with Crippen molar-refractivity contribution in [3.8, 4) is 0 Å². The molecule has 1 aromatic heterocycles. The minimum absolute atomic E-state index is 0.0591. The molecule has 0 unspecified atom stereocenters. The van der Waals surface area contributed by atoms with E-state index in [0.29, 0.717) is 25.6 Å². The van der Waals surface area contributed by atoms with Gasteiger partial charge in [-0.2, -0.15) is 13.2 Å². The summed E-state index contributed by atoms with van der Waals surface area (Å²) < 4.78 is 31.7. The molecule has 1 saturated carbocycles. The minimum atomic E-state index is -5.08. The van der Waals surface area contributed by atoms with Gasteiger partial charge in [0.1, 0.15) is 5.82 Å². The van der Waals surface area contributed by atoms with Gasteiger partial charge >= 0.3 is 18.2 Å². The zero-order valence-electron chi connectivity index (χ0n) is 22.3. The molecule has 216 valence electrons. The number of fused-ring (bicyclic) bond motifs is 1. The van der Waals surface area contributed by atoms with Gasteiger partial charge in [0.15, 0.2) is 0 Å². The van der Waals surface area contributed by atoms with Crippen molar-refractivity contribution in [2.24, 2.45) is 17.3 Å². The summed E-state index contributed by atoms with van der Waals surface area (Å²) >= 11 is 0. The Labute approximate surface area is 230 Å². The van der Waals surface area contributed by atoms with Crippen LogP contribution in [-0.4, -0.2) is 71.8 Å². The molecular formula is C28H34F3N5O4. The second kappa shape index (κ2) is 12.1. The van der Waals surface area contributed by atoms with Gasteiger partial charge < -0.3 is 25.5 Å². The van der Waals surface area contributed by atoms with Crippen LogP contribution in [0.4, 0.5) is 29.5 Å². The van der Waals surface area contributed by atoms with Gasteiger partial charge in [-0.05, 0) is 62.3 Å².